The number of Topliss-reactive ketones (excluding diaryl/α,β-unsaturated/α-hetero) is 1. The van der Waals surface area contributed by atoms with Gasteiger partial charge < -0.3 is 9.80 Å². The molecule has 0 radical (unpaired) electrons. The predicted octanol–water partition coefficient (Wildman–Crippen LogP) is 3.09. The van der Waals surface area contributed by atoms with Gasteiger partial charge in [0.15, 0.2) is 0 Å². The second-order valence-electron chi connectivity index (χ2n) is 6.15. The molecular formula is C17H24N2O. The highest BCUT2D eigenvalue weighted by molar-refractivity contribution is 5.84. The average Bonchev–Trinajstić information content (AvgIpc) is 3.00. The van der Waals surface area contributed by atoms with Crippen LogP contribution in [0, 0.1) is 5.92 Å². The van der Waals surface area contributed by atoms with Crippen LogP contribution in [0.1, 0.15) is 33.1 Å². The van der Waals surface area contributed by atoms with E-state index in [9.17, 15) is 4.79 Å². The van der Waals surface area contributed by atoms with Crippen LogP contribution >= 0.6 is 0 Å². The van der Waals surface area contributed by atoms with E-state index in [1.165, 1.54) is 37.3 Å². The van der Waals surface area contributed by atoms with Gasteiger partial charge in [-0.05, 0) is 44.0 Å². The van der Waals surface area contributed by atoms with Gasteiger partial charge in [0.25, 0.3) is 0 Å². The molecule has 2 atom stereocenters. The van der Waals surface area contributed by atoms with Gasteiger partial charge in [-0.15, -0.1) is 0 Å². The summed E-state index contributed by atoms with van der Waals surface area (Å²) in [5.74, 6) is 0.546. The third kappa shape index (κ3) is 2.41. The fourth-order valence-corrected chi connectivity index (χ4v) is 3.40. The molecule has 1 aromatic rings. The molecule has 2 unspecified atom stereocenters. The Labute approximate surface area is 121 Å². The maximum Gasteiger partial charge on any atom is 0.139 e. The number of hydrogen-bond donors (Lipinski definition) is 0. The van der Waals surface area contributed by atoms with E-state index in [0.717, 1.165) is 6.54 Å². The standard InChI is InChI=1S/C17H24N2O/c1-13-14(2)19(12-9-17(13)20)16-7-5-15(6-8-16)18-10-3-4-11-18/h5-8,13-14H,3-4,9-12H2,1-2H3. The molecule has 20 heavy (non-hydrogen) atoms. The number of anilines is 2. The molecular weight excluding hydrogens is 248 g/mol. The maximum atomic E-state index is 11.8. The van der Waals surface area contributed by atoms with Gasteiger partial charge in [0.2, 0.25) is 0 Å². The Morgan fingerprint density at radius 2 is 1.55 bits per heavy atom. The van der Waals surface area contributed by atoms with E-state index in [0.29, 0.717) is 18.2 Å². The minimum absolute atomic E-state index is 0.141. The van der Waals surface area contributed by atoms with E-state index in [4.69, 9.17) is 0 Å². The molecule has 3 nitrogen and oxygen atoms in total. The van der Waals surface area contributed by atoms with E-state index in [1.807, 2.05) is 0 Å². The largest absolute Gasteiger partial charge is 0.372 e. The van der Waals surface area contributed by atoms with Crippen molar-refractivity contribution in [2.45, 2.75) is 39.2 Å². The number of nitrogens with zero attached hydrogens (tertiary/aromatic N) is 2. The molecule has 0 saturated carbocycles. The second-order valence-corrected chi connectivity index (χ2v) is 6.15. The summed E-state index contributed by atoms with van der Waals surface area (Å²) in [4.78, 5) is 16.6. The van der Waals surface area contributed by atoms with Crippen molar-refractivity contribution in [3.05, 3.63) is 24.3 Å². The van der Waals surface area contributed by atoms with Gasteiger partial charge in [-0.2, -0.15) is 0 Å². The summed E-state index contributed by atoms with van der Waals surface area (Å²) in [5, 5.41) is 0. The summed E-state index contributed by atoms with van der Waals surface area (Å²) in [5.41, 5.74) is 2.58. The molecule has 1 aromatic carbocycles. The third-order valence-electron chi connectivity index (χ3n) is 4.97. The van der Waals surface area contributed by atoms with Crippen molar-refractivity contribution in [2.75, 3.05) is 29.4 Å². The lowest BCUT2D eigenvalue weighted by atomic mass is 9.90. The van der Waals surface area contributed by atoms with Crippen LogP contribution in [0.3, 0.4) is 0 Å². The average molecular weight is 272 g/mol. The molecule has 0 spiro atoms. The SMILES string of the molecule is CC1C(=O)CCN(c2ccc(N3CCCC3)cc2)C1C. The molecule has 2 saturated heterocycles. The molecule has 0 aromatic heterocycles. The van der Waals surface area contributed by atoms with Crippen LogP contribution in [0.5, 0.6) is 0 Å². The van der Waals surface area contributed by atoms with Gasteiger partial charge >= 0.3 is 0 Å². The number of hydrogen-bond acceptors (Lipinski definition) is 3. The quantitative estimate of drug-likeness (QED) is 0.826. The monoisotopic (exact) mass is 272 g/mol. The fourth-order valence-electron chi connectivity index (χ4n) is 3.40. The number of benzene rings is 1. The zero-order valence-corrected chi connectivity index (χ0v) is 12.5. The highest BCUT2D eigenvalue weighted by Crippen LogP contribution is 2.29. The molecule has 0 amide bonds. The number of rotatable bonds is 2. The highest BCUT2D eigenvalue weighted by Gasteiger charge is 2.30. The Kier molecular flexibility index (Phi) is 3.68. The zero-order chi connectivity index (χ0) is 14.1. The minimum Gasteiger partial charge on any atom is -0.372 e. The molecule has 0 N–H and O–H groups in total. The van der Waals surface area contributed by atoms with E-state index in [1.54, 1.807) is 0 Å². The number of carbonyl (C=O) groups excluding carboxylic acids is 1. The summed E-state index contributed by atoms with van der Waals surface area (Å²) in [6, 6.07) is 9.19. The Morgan fingerprint density at radius 1 is 0.950 bits per heavy atom. The van der Waals surface area contributed by atoms with E-state index in [2.05, 4.69) is 47.9 Å². The molecule has 0 bridgehead atoms. The predicted molar refractivity (Wildman–Crippen MR) is 83.5 cm³/mol. The first kappa shape index (κ1) is 13.5. The lowest BCUT2D eigenvalue weighted by Gasteiger charge is -2.38. The van der Waals surface area contributed by atoms with Crippen LogP contribution in [0.2, 0.25) is 0 Å². The summed E-state index contributed by atoms with van der Waals surface area (Å²) in [6.45, 7) is 7.44. The van der Waals surface area contributed by atoms with Gasteiger partial charge in [0, 0.05) is 49.4 Å². The second kappa shape index (κ2) is 5.47. The third-order valence-corrected chi connectivity index (χ3v) is 4.97. The molecule has 2 aliphatic heterocycles. The van der Waals surface area contributed by atoms with Crippen LogP contribution < -0.4 is 9.80 Å². The molecule has 3 rings (SSSR count). The van der Waals surface area contributed by atoms with E-state index >= 15 is 0 Å². The van der Waals surface area contributed by atoms with Gasteiger partial charge in [0.1, 0.15) is 5.78 Å². The van der Waals surface area contributed by atoms with E-state index in [-0.39, 0.29) is 5.92 Å². The number of ketones is 1. The highest BCUT2D eigenvalue weighted by atomic mass is 16.1. The van der Waals surface area contributed by atoms with E-state index < -0.39 is 0 Å². The molecule has 3 heteroatoms. The number of piperidine rings is 1. The van der Waals surface area contributed by atoms with Crippen LogP contribution in [-0.2, 0) is 4.79 Å². The summed E-state index contributed by atoms with van der Waals surface area (Å²) < 4.78 is 0. The van der Waals surface area contributed by atoms with Gasteiger partial charge in [0.05, 0.1) is 0 Å². The van der Waals surface area contributed by atoms with Crippen LogP contribution in [0.25, 0.3) is 0 Å². The molecule has 108 valence electrons. The van der Waals surface area contributed by atoms with Crippen molar-refractivity contribution in [3.8, 4) is 0 Å². The Bertz CT molecular complexity index is 476. The molecule has 2 heterocycles. The van der Waals surface area contributed by atoms with Crippen molar-refractivity contribution in [1.82, 2.24) is 0 Å². The first-order valence-corrected chi connectivity index (χ1v) is 7.81. The molecule has 2 aliphatic rings. The van der Waals surface area contributed by atoms with Gasteiger partial charge in [-0.1, -0.05) is 6.92 Å². The minimum atomic E-state index is 0.141. The zero-order valence-electron chi connectivity index (χ0n) is 12.5. The van der Waals surface area contributed by atoms with Crippen molar-refractivity contribution in [1.29, 1.82) is 0 Å². The lowest BCUT2D eigenvalue weighted by Crippen LogP contribution is -2.46. The van der Waals surface area contributed by atoms with Gasteiger partial charge in [-0.25, -0.2) is 0 Å². The van der Waals surface area contributed by atoms with Gasteiger partial charge in [-0.3, -0.25) is 4.79 Å². The first-order chi connectivity index (χ1) is 9.66. The van der Waals surface area contributed by atoms with Crippen LogP contribution in [-0.4, -0.2) is 31.5 Å². The normalized spacial score (nSPS) is 27.2. The molecule has 2 fully saturated rings. The smallest absolute Gasteiger partial charge is 0.139 e. The number of carbonyl (C=O) groups is 1. The van der Waals surface area contributed by atoms with Crippen molar-refractivity contribution in [3.63, 3.8) is 0 Å². The van der Waals surface area contributed by atoms with Crippen molar-refractivity contribution >= 4 is 17.2 Å². The topological polar surface area (TPSA) is 23.6 Å². The Hall–Kier alpha value is -1.51. The lowest BCUT2D eigenvalue weighted by molar-refractivity contribution is -0.123. The van der Waals surface area contributed by atoms with Crippen molar-refractivity contribution in [2.24, 2.45) is 5.92 Å². The Balaban J connectivity index is 1.75. The Morgan fingerprint density at radius 3 is 2.20 bits per heavy atom. The van der Waals surface area contributed by atoms with Crippen molar-refractivity contribution < 1.29 is 4.79 Å². The maximum absolute atomic E-state index is 11.8. The summed E-state index contributed by atoms with van der Waals surface area (Å²) >= 11 is 0. The fraction of sp³-hybridized carbons (Fsp3) is 0.588. The first-order valence-electron chi connectivity index (χ1n) is 7.81. The van der Waals surface area contributed by atoms with Crippen LogP contribution in [0.4, 0.5) is 11.4 Å². The summed E-state index contributed by atoms with van der Waals surface area (Å²) in [7, 11) is 0. The molecule has 0 aliphatic carbocycles. The van der Waals surface area contributed by atoms with Crippen LogP contribution in [0.15, 0.2) is 24.3 Å². The summed E-state index contributed by atoms with van der Waals surface area (Å²) in [6.07, 6.45) is 3.30.